The summed E-state index contributed by atoms with van der Waals surface area (Å²) in [5, 5.41) is 15.8. The summed E-state index contributed by atoms with van der Waals surface area (Å²) in [6.07, 6.45) is 16.1. The van der Waals surface area contributed by atoms with Gasteiger partial charge in [0, 0.05) is 18.2 Å². The number of aryl methyl sites for hydroxylation is 1. The van der Waals surface area contributed by atoms with E-state index >= 15 is 0 Å². The Bertz CT molecular complexity index is 766. The molecule has 0 amide bonds. The van der Waals surface area contributed by atoms with E-state index in [0.29, 0.717) is 11.3 Å². The van der Waals surface area contributed by atoms with E-state index in [4.69, 9.17) is 0 Å². The minimum absolute atomic E-state index is 0.0714. The van der Waals surface area contributed by atoms with Crippen molar-refractivity contribution in [1.82, 2.24) is 9.78 Å². The molecule has 0 radical (unpaired) electrons. The zero-order valence-corrected chi connectivity index (χ0v) is 18.0. The van der Waals surface area contributed by atoms with Crippen LogP contribution >= 0.6 is 0 Å². The van der Waals surface area contributed by atoms with Crippen LogP contribution in [-0.2, 0) is 6.54 Å². The van der Waals surface area contributed by atoms with Crippen molar-refractivity contribution >= 4 is 6.08 Å². The summed E-state index contributed by atoms with van der Waals surface area (Å²) in [7, 11) is 0. The molecule has 0 spiro atoms. The number of nitrogens with zero attached hydrogens (tertiary/aromatic N) is 2. The van der Waals surface area contributed by atoms with Crippen LogP contribution in [0.4, 0.5) is 0 Å². The van der Waals surface area contributed by atoms with Crippen LogP contribution in [0.25, 0.3) is 6.08 Å². The predicted molar refractivity (Wildman–Crippen MR) is 114 cm³/mol. The normalized spacial score (nSPS) is 46.9. The molecule has 3 heteroatoms. The van der Waals surface area contributed by atoms with Gasteiger partial charge >= 0.3 is 0 Å². The Labute approximate surface area is 170 Å². The molecule has 4 aliphatic carbocycles. The fourth-order valence-corrected chi connectivity index (χ4v) is 8.21. The Kier molecular flexibility index (Phi) is 4.54. The van der Waals surface area contributed by atoms with E-state index in [0.717, 1.165) is 36.4 Å². The van der Waals surface area contributed by atoms with Crippen molar-refractivity contribution in [2.24, 2.45) is 34.5 Å². The Morgan fingerprint density at radius 2 is 1.96 bits per heavy atom. The highest BCUT2D eigenvalue weighted by atomic mass is 16.3. The molecule has 0 aromatic carbocycles. The van der Waals surface area contributed by atoms with Crippen molar-refractivity contribution in [1.29, 1.82) is 0 Å². The number of aromatic nitrogens is 2. The van der Waals surface area contributed by atoms with Crippen molar-refractivity contribution in [2.75, 3.05) is 0 Å². The second-order valence-corrected chi connectivity index (χ2v) is 10.8. The molecule has 5 rings (SSSR count). The van der Waals surface area contributed by atoms with Crippen LogP contribution < -0.4 is 0 Å². The standard InChI is InChI=1S/C25H38N2O/c1-4-27-19(11-14-26-27)15-17-16-22-20-9-8-18-7-5-6-12-24(18,2)21(20)10-13-25(22,3)23(17)28/h11,14-15,18,20-23,28H,4-10,12-13,16H2,1-3H3/b17-15-/t18-,20+,21-,22-,23-,24-,25-/m0/s1. The average Bonchev–Trinajstić information content (AvgIpc) is 3.24. The number of rotatable bonds is 2. The van der Waals surface area contributed by atoms with Gasteiger partial charge < -0.3 is 5.11 Å². The van der Waals surface area contributed by atoms with E-state index in [1.54, 1.807) is 0 Å². The maximum Gasteiger partial charge on any atom is 0.0810 e. The van der Waals surface area contributed by atoms with Gasteiger partial charge in [-0.2, -0.15) is 5.10 Å². The zero-order valence-electron chi connectivity index (χ0n) is 18.0. The molecule has 1 heterocycles. The Balaban J connectivity index is 1.46. The first-order valence-electron chi connectivity index (χ1n) is 11.9. The van der Waals surface area contributed by atoms with Crippen LogP contribution in [0.2, 0.25) is 0 Å². The lowest BCUT2D eigenvalue weighted by atomic mass is 9.45. The highest BCUT2D eigenvalue weighted by molar-refractivity contribution is 5.52. The highest BCUT2D eigenvalue weighted by Gasteiger charge is 2.60. The Morgan fingerprint density at radius 3 is 2.79 bits per heavy atom. The van der Waals surface area contributed by atoms with Gasteiger partial charge in [0.2, 0.25) is 0 Å². The van der Waals surface area contributed by atoms with Crippen LogP contribution in [0, 0.1) is 34.5 Å². The number of aliphatic hydroxyl groups is 1. The summed E-state index contributed by atoms with van der Waals surface area (Å²) in [4.78, 5) is 0. The molecule has 1 aromatic rings. The number of hydrogen-bond acceptors (Lipinski definition) is 2. The van der Waals surface area contributed by atoms with E-state index in [2.05, 4.69) is 38.0 Å². The largest absolute Gasteiger partial charge is 0.388 e. The van der Waals surface area contributed by atoms with Gasteiger partial charge in [-0.1, -0.05) is 26.7 Å². The van der Waals surface area contributed by atoms with E-state index in [9.17, 15) is 5.11 Å². The Hall–Kier alpha value is -1.09. The molecule has 0 aliphatic heterocycles. The van der Waals surface area contributed by atoms with E-state index in [-0.39, 0.29) is 11.5 Å². The third-order valence-electron chi connectivity index (χ3n) is 9.83. The third kappa shape index (κ3) is 2.61. The van der Waals surface area contributed by atoms with Crippen LogP contribution in [0.1, 0.15) is 84.3 Å². The minimum atomic E-state index is -0.282. The first-order valence-corrected chi connectivity index (χ1v) is 11.9. The van der Waals surface area contributed by atoms with Crippen LogP contribution in [0.5, 0.6) is 0 Å². The number of hydrogen-bond donors (Lipinski definition) is 1. The summed E-state index contributed by atoms with van der Waals surface area (Å²) in [5.74, 6) is 3.32. The Morgan fingerprint density at radius 1 is 1.11 bits per heavy atom. The van der Waals surface area contributed by atoms with Crippen molar-refractivity contribution in [3.8, 4) is 0 Å². The van der Waals surface area contributed by atoms with Crippen molar-refractivity contribution < 1.29 is 5.11 Å². The molecule has 1 N–H and O–H groups in total. The zero-order chi connectivity index (χ0) is 19.5. The fraction of sp³-hybridized carbons (Fsp3) is 0.800. The molecule has 0 unspecified atom stereocenters. The second-order valence-electron chi connectivity index (χ2n) is 10.8. The third-order valence-corrected chi connectivity index (χ3v) is 9.83. The molecule has 7 atom stereocenters. The van der Waals surface area contributed by atoms with Gasteiger partial charge in [0.1, 0.15) is 0 Å². The van der Waals surface area contributed by atoms with E-state index < -0.39 is 0 Å². The minimum Gasteiger partial charge on any atom is -0.388 e. The SMILES string of the molecule is CCn1nccc1/C=C1/C[C@H]2[C@@H]3CC[C@@H]4CCCC[C@]4(C)[C@H]3CC[C@]2(C)[C@H]1O. The molecule has 0 bridgehead atoms. The highest BCUT2D eigenvalue weighted by Crippen LogP contribution is 2.67. The maximum absolute atomic E-state index is 11.4. The molecular formula is C25H38N2O. The van der Waals surface area contributed by atoms with Gasteiger partial charge in [0.05, 0.1) is 11.8 Å². The van der Waals surface area contributed by atoms with E-state index in [1.165, 1.54) is 56.9 Å². The summed E-state index contributed by atoms with van der Waals surface area (Å²) in [5.41, 5.74) is 3.06. The lowest BCUT2D eigenvalue weighted by Crippen LogP contribution is -2.53. The fourth-order valence-electron chi connectivity index (χ4n) is 8.21. The maximum atomic E-state index is 11.4. The number of aliphatic hydroxyl groups excluding tert-OH is 1. The molecule has 4 aliphatic rings. The molecule has 3 nitrogen and oxygen atoms in total. The lowest BCUT2D eigenvalue weighted by Gasteiger charge is -2.60. The summed E-state index contributed by atoms with van der Waals surface area (Å²) >= 11 is 0. The van der Waals surface area contributed by atoms with Crippen LogP contribution in [0.15, 0.2) is 17.8 Å². The van der Waals surface area contributed by atoms with Gasteiger partial charge in [-0.25, -0.2) is 0 Å². The van der Waals surface area contributed by atoms with Crippen molar-refractivity contribution in [3.63, 3.8) is 0 Å². The van der Waals surface area contributed by atoms with Crippen molar-refractivity contribution in [2.45, 2.75) is 91.2 Å². The topological polar surface area (TPSA) is 38.0 Å². The first kappa shape index (κ1) is 18.9. The predicted octanol–water partition coefficient (Wildman–Crippen LogP) is 5.69. The van der Waals surface area contributed by atoms with Gasteiger partial charge in [0.15, 0.2) is 0 Å². The van der Waals surface area contributed by atoms with Crippen LogP contribution in [0.3, 0.4) is 0 Å². The summed E-state index contributed by atoms with van der Waals surface area (Å²) in [6, 6.07) is 2.09. The quantitative estimate of drug-likeness (QED) is 0.713. The van der Waals surface area contributed by atoms with E-state index in [1.807, 2.05) is 10.9 Å². The van der Waals surface area contributed by atoms with Crippen molar-refractivity contribution in [3.05, 3.63) is 23.5 Å². The first-order chi connectivity index (χ1) is 13.5. The van der Waals surface area contributed by atoms with Gasteiger partial charge in [-0.15, -0.1) is 0 Å². The molecule has 154 valence electrons. The molecule has 28 heavy (non-hydrogen) atoms. The molecule has 4 saturated carbocycles. The van der Waals surface area contributed by atoms with Gasteiger partial charge in [-0.3, -0.25) is 4.68 Å². The lowest BCUT2D eigenvalue weighted by molar-refractivity contribution is -0.119. The van der Waals surface area contributed by atoms with Gasteiger partial charge in [0.25, 0.3) is 0 Å². The summed E-state index contributed by atoms with van der Waals surface area (Å²) < 4.78 is 2.04. The molecule has 1 aromatic heterocycles. The van der Waals surface area contributed by atoms with Gasteiger partial charge in [-0.05, 0) is 98.7 Å². The molecule has 4 fully saturated rings. The monoisotopic (exact) mass is 382 g/mol. The molecular weight excluding hydrogens is 344 g/mol. The second kappa shape index (κ2) is 6.72. The molecule has 0 saturated heterocycles. The summed E-state index contributed by atoms with van der Waals surface area (Å²) in [6.45, 7) is 8.05. The van der Waals surface area contributed by atoms with Crippen LogP contribution in [-0.4, -0.2) is 21.0 Å². The number of fused-ring (bicyclic) bond motifs is 5. The average molecular weight is 383 g/mol. The smallest absolute Gasteiger partial charge is 0.0810 e.